The molecule has 3 N–H and O–H groups in total. The second kappa shape index (κ2) is 8.30. The smallest absolute Gasteiger partial charge is 0.410 e. The van der Waals surface area contributed by atoms with E-state index < -0.39 is 17.3 Å². The zero-order valence-electron chi connectivity index (χ0n) is 20.7. The van der Waals surface area contributed by atoms with Crippen LogP contribution in [0, 0.1) is 6.92 Å². The lowest BCUT2D eigenvalue weighted by atomic mass is 9.97. The minimum absolute atomic E-state index is 0.0599. The number of amides is 1. The number of nitrogens with zero attached hydrogens (tertiary/aromatic N) is 4. The summed E-state index contributed by atoms with van der Waals surface area (Å²) < 4.78 is 12.8. The molecule has 3 aromatic rings. The van der Waals surface area contributed by atoms with Gasteiger partial charge >= 0.3 is 6.09 Å². The Labute approximate surface area is 208 Å². The van der Waals surface area contributed by atoms with Gasteiger partial charge in [-0.05, 0) is 62.9 Å². The standard InChI is InChI=1S/C25H31N5O4S/c1-14-8-15-10-18(35-21(15)17(9-14)33-5)16-11-19(30-20(16)22(26)27-13-28-30)25(32)6-7-29(12-25)23(31)34-24(2,3)4/h8-9,11,13,18,32H,6-7,10,12H2,1-5H3,(H2,26,27,28). The molecule has 1 aromatic carbocycles. The van der Waals surface area contributed by atoms with Gasteiger partial charge in [-0.1, -0.05) is 6.07 Å². The van der Waals surface area contributed by atoms with E-state index in [1.807, 2.05) is 32.9 Å². The molecule has 2 aliphatic rings. The quantitative estimate of drug-likeness (QED) is 0.561. The van der Waals surface area contributed by atoms with E-state index >= 15 is 0 Å². The third kappa shape index (κ3) is 4.18. The zero-order valence-corrected chi connectivity index (χ0v) is 21.5. The Morgan fingerprint density at radius 3 is 2.80 bits per heavy atom. The number of rotatable bonds is 3. The maximum Gasteiger partial charge on any atom is 0.410 e. The minimum atomic E-state index is -1.29. The summed E-state index contributed by atoms with van der Waals surface area (Å²) in [5.41, 5.74) is 9.06. The molecule has 2 aliphatic heterocycles. The zero-order chi connectivity index (χ0) is 25.1. The summed E-state index contributed by atoms with van der Waals surface area (Å²) >= 11 is 1.72. The average Bonchev–Trinajstić information content (AvgIpc) is 3.47. The minimum Gasteiger partial charge on any atom is -0.496 e. The Morgan fingerprint density at radius 2 is 2.09 bits per heavy atom. The monoisotopic (exact) mass is 497 g/mol. The lowest BCUT2D eigenvalue weighted by Crippen LogP contribution is -2.38. The van der Waals surface area contributed by atoms with Crippen LogP contribution >= 0.6 is 11.8 Å². The summed E-state index contributed by atoms with van der Waals surface area (Å²) in [6, 6.07) is 6.20. The number of carbonyl (C=O) groups excluding carboxylic acids is 1. The Kier molecular flexibility index (Phi) is 5.63. The highest BCUT2D eigenvalue weighted by Crippen LogP contribution is 2.53. The van der Waals surface area contributed by atoms with E-state index in [0.29, 0.717) is 30.0 Å². The van der Waals surface area contributed by atoms with Crippen LogP contribution in [0.25, 0.3) is 5.52 Å². The van der Waals surface area contributed by atoms with Gasteiger partial charge in [0.05, 0.1) is 24.2 Å². The molecule has 0 bridgehead atoms. The number of methoxy groups -OCH3 is 1. The summed E-state index contributed by atoms with van der Waals surface area (Å²) in [6.07, 6.45) is 2.12. The number of fused-ring (bicyclic) bond motifs is 2. The number of nitrogen functional groups attached to an aromatic ring is 1. The van der Waals surface area contributed by atoms with Crippen molar-refractivity contribution in [2.75, 3.05) is 25.9 Å². The van der Waals surface area contributed by atoms with Crippen molar-refractivity contribution in [3.63, 3.8) is 0 Å². The summed E-state index contributed by atoms with van der Waals surface area (Å²) in [5, 5.41) is 16.2. The van der Waals surface area contributed by atoms with Crippen molar-refractivity contribution in [2.24, 2.45) is 0 Å². The Hall–Kier alpha value is -2.98. The van der Waals surface area contributed by atoms with Crippen LogP contribution in [-0.2, 0) is 16.8 Å². The topological polar surface area (TPSA) is 115 Å². The molecule has 0 aliphatic carbocycles. The highest BCUT2D eigenvalue weighted by Gasteiger charge is 2.44. The van der Waals surface area contributed by atoms with Crippen molar-refractivity contribution in [3.05, 3.63) is 46.9 Å². The third-order valence-electron chi connectivity index (χ3n) is 6.50. The number of thioether (sulfide) groups is 1. The van der Waals surface area contributed by atoms with Crippen molar-refractivity contribution >= 4 is 29.2 Å². The van der Waals surface area contributed by atoms with Crippen molar-refractivity contribution in [1.29, 1.82) is 0 Å². The molecule has 2 atom stereocenters. The van der Waals surface area contributed by atoms with Crippen LogP contribution in [0.2, 0.25) is 0 Å². The molecular weight excluding hydrogens is 466 g/mol. The van der Waals surface area contributed by atoms with Gasteiger partial charge < -0.3 is 25.2 Å². The third-order valence-corrected chi connectivity index (χ3v) is 7.90. The molecule has 9 nitrogen and oxygen atoms in total. The average molecular weight is 498 g/mol. The first-order valence-electron chi connectivity index (χ1n) is 11.7. The van der Waals surface area contributed by atoms with Crippen molar-refractivity contribution in [2.45, 2.75) is 61.9 Å². The van der Waals surface area contributed by atoms with E-state index in [4.69, 9.17) is 15.2 Å². The fourth-order valence-corrected chi connectivity index (χ4v) is 6.37. The molecule has 0 spiro atoms. The molecule has 0 radical (unpaired) electrons. The normalized spacial score (nSPS) is 22.0. The van der Waals surface area contributed by atoms with Gasteiger partial charge in [-0.25, -0.2) is 14.3 Å². The molecule has 186 valence electrons. The molecule has 1 saturated heterocycles. The SMILES string of the molecule is COc1cc(C)cc2c1SC(c1cc(C3(O)CCN(C(=O)OC(C)(C)C)C3)n3ncnc(N)c13)C2. The molecule has 35 heavy (non-hydrogen) atoms. The Balaban J connectivity index is 1.52. The number of β-amino-alcohol motifs (C(OH)–C–C–N with tert-alkyl or cyclic N) is 1. The van der Waals surface area contributed by atoms with Gasteiger partial charge in [0.15, 0.2) is 5.82 Å². The Morgan fingerprint density at radius 1 is 1.31 bits per heavy atom. The van der Waals surface area contributed by atoms with E-state index in [1.165, 1.54) is 11.9 Å². The van der Waals surface area contributed by atoms with Gasteiger partial charge in [0.25, 0.3) is 0 Å². The largest absolute Gasteiger partial charge is 0.496 e. The molecule has 0 saturated carbocycles. The van der Waals surface area contributed by atoms with Crippen LogP contribution in [0.3, 0.4) is 0 Å². The number of aromatic nitrogens is 3. The number of aryl methyl sites for hydroxylation is 1. The number of ether oxygens (including phenoxy) is 2. The highest BCUT2D eigenvalue weighted by atomic mass is 32.2. The first-order valence-corrected chi connectivity index (χ1v) is 12.5. The van der Waals surface area contributed by atoms with E-state index in [1.54, 1.807) is 28.3 Å². The summed E-state index contributed by atoms with van der Waals surface area (Å²) in [4.78, 5) is 19.5. The molecule has 4 heterocycles. The van der Waals surface area contributed by atoms with Gasteiger partial charge in [-0.2, -0.15) is 5.10 Å². The van der Waals surface area contributed by atoms with Gasteiger partial charge in [0.1, 0.15) is 28.8 Å². The molecule has 2 aromatic heterocycles. The molecular formula is C25H31N5O4S. The summed E-state index contributed by atoms with van der Waals surface area (Å²) in [7, 11) is 1.69. The van der Waals surface area contributed by atoms with E-state index in [2.05, 4.69) is 23.1 Å². The van der Waals surface area contributed by atoms with E-state index in [9.17, 15) is 9.90 Å². The van der Waals surface area contributed by atoms with Crippen LogP contribution in [0.4, 0.5) is 10.6 Å². The second-order valence-electron chi connectivity index (χ2n) is 10.3. The van der Waals surface area contributed by atoms with Gasteiger partial charge in [-0.3, -0.25) is 0 Å². The van der Waals surface area contributed by atoms with Crippen LogP contribution in [-0.4, -0.2) is 56.5 Å². The van der Waals surface area contributed by atoms with E-state index in [0.717, 1.165) is 28.2 Å². The molecule has 1 fully saturated rings. The number of nitrogens with two attached hydrogens (primary N) is 1. The van der Waals surface area contributed by atoms with Crippen molar-refractivity contribution in [3.8, 4) is 5.75 Å². The number of likely N-dealkylation sites (tertiary alicyclic amines) is 1. The maximum atomic E-state index is 12.7. The first-order chi connectivity index (χ1) is 16.5. The molecule has 10 heteroatoms. The fraction of sp³-hybridized carbons (Fsp3) is 0.480. The van der Waals surface area contributed by atoms with Crippen LogP contribution in [0.5, 0.6) is 5.75 Å². The fourth-order valence-electron chi connectivity index (χ4n) is 4.97. The van der Waals surface area contributed by atoms with Gasteiger partial charge in [0.2, 0.25) is 0 Å². The second-order valence-corrected chi connectivity index (χ2v) is 11.6. The van der Waals surface area contributed by atoms with Gasteiger partial charge in [-0.15, -0.1) is 11.8 Å². The van der Waals surface area contributed by atoms with Crippen LogP contribution in [0.15, 0.2) is 29.4 Å². The predicted octanol–water partition coefficient (Wildman–Crippen LogP) is 3.85. The molecule has 5 rings (SSSR count). The molecule has 2 unspecified atom stereocenters. The maximum absolute atomic E-state index is 12.7. The van der Waals surface area contributed by atoms with Crippen LogP contribution in [0.1, 0.15) is 54.8 Å². The lowest BCUT2D eigenvalue weighted by Gasteiger charge is -2.26. The summed E-state index contributed by atoms with van der Waals surface area (Å²) in [5.74, 6) is 1.22. The lowest BCUT2D eigenvalue weighted by molar-refractivity contribution is 0.0121. The number of hydrogen-bond donors (Lipinski definition) is 2. The Bertz CT molecular complexity index is 1320. The number of anilines is 1. The highest BCUT2D eigenvalue weighted by molar-refractivity contribution is 8.00. The summed E-state index contributed by atoms with van der Waals surface area (Å²) in [6.45, 7) is 8.04. The van der Waals surface area contributed by atoms with Crippen molar-refractivity contribution < 1.29 is 19.4 Å². The molecule has 1 amide bonds. The van der Waals surface area contributed by atoms with E-state index in [-0.39, 0.29) is 11.8 Å². The van der Waals surface area contributed by atoms with Crippen LogP contribution < -0.4 is 10.5 Å². The van der Waals surface area contributed by atoms with Crippen molar-refractivity contribution in [1.82, 2.24) is 19.5 Å². The predicted molar refractivity (Wildman–Crippen MR) is 134 cm³/mol. The van der Waals surface area contributed by atoms with Gasteiger partial charge in [0, 0.05) is 18.2 Å². The number of benzene rings is 1. The number of hydrogen-bond acceptors (Lipinski definition) is 8. The number of aliphatic hydroxyl groups is 1. The first kappa shape index (κ1) is 23.7. The number of carbonyl (C=O) groups is 1.